The van der Waals surface area contributed by atoms with Crippen LogP contribution in [0.5, 0.6) is 11.5 Å². The summed E-state index contributed by atoms with van der Waals surface area (Å²) in [7, 11) is -0.220. The fraction of sp³-hybridized carbons (Fsp3) is 0.429. The number of nitrogens with one attached hydrogen (secondary N) is 2. The molecule has 9 nitrogen and oxygen atoms in total. The van der Waals surface area contributed by atoms with Crippen LogP contribution in [0.1, 0.15) is 19.4 Å². The molecule has 0 radical (unpaired) electrons. The Morgan fingerprint density at radius 1 is 1.16 bits per heavy atom. The van der Waals surface area contributed by atoms with Crippen molar-refractivity contribution < 1.29 is 22.7 Å². The zero-order chi connectivity index (χ0) is 22.6. The molecular weight excluding hydrogens is 420 g/mol. The van der Waals surface area contributed by atoms with E-state index in [0.29, 0.717) is 24.7 Å². The van der Waals surface area contributed by atoms with Crippen molar-refractivity contribution in [2.75, 3.05) is 32.2 Å². The number of rotatable bonds is 8. The van der Waals surface area contributed by atoms with Crippen LogP contribution in [0.15, 0.2) is 41.4 Å². The van der Waals surface area contributed by atoms with E-state index in [-0.39, 0.29) is 17.4 Å². The fourth-order valence-electron chi connectivity index (χ4n) is 3.18. The van der Waals surface area contributed by atoms with Crippen molar-refractivity contribution in [2.45, 2.75) is 31.3 Å². The van der Waals surface area contributed by atoms with Gasteiger partial charge in [0.15, 0.2) is 11.5 Å². The van der Waals surface area contributed by atoms with E-state index in [1.807, 2.05) is 25.1 Å². The van der Waals surface area contributed by atoms with Crippen LogP contribution < -0.4 is 24.4 Å². The molecule has 1 aliphatic rings. The number of carbonyl (C=O) groups is 1. The molecule has 2 N–H and O–H groups in total. The normalized spacial score (nSPS) is 14.2. The average molecular weight is 449 g/mol. The van der Waals surface area contributed by atoms with Gasteiger partial charge >= 0.3 is 0 Å². The third-order valence-electron chi connectivity index (χ3n) is 4.80. The Morgan fingerprint density at radius 2 is 1.87 bits per heavy atom. The highest BCUT2D eigenvalue weighted by atomic mass is 32.2. The van der Waals surface area contributed by atoms with Crippen LogP contribution in [0.2, 0.25) is 0 Å². The van der Waals surface area contributed by atoms with E-state index < -0.39 is 22.0 Å². The lowest BCUT2D eigenvalue weighted by Gasteiger charge is -2.23. The van der Waals surface area contributed by atoms with Crippen LogP contribution >= 0.6 is 0 Å². The van der Waals surface area contributed by atoms with Gasteiger partial charge in [-0.2, -0.15) is 4.72 Å². The second-order valence-electron chi connectivity index (χ2n) is 7.75. The molecule has 0 fully saturated rings. The van der Waals surface area contributed by atoms with Crippen molar-refractivity contribution in [1.82, 2.24) is 15.0 Å². The minimum absolute atomic E-state index is 0.0114. The van der Waals surface area contributed by atoms with E-state index in [2.05, 4.69) is 15.0 Å². The van der Waals surface area contributed by atoms with Gasteiger partial charge in [-0.15, -0.1) is 0 Å². The first-order valence-corrected chi connectivity index (χ1v) is 11.5. The molecule has 0 unspecified atom stereocenters. The Labute approximate surface area is 182 Å². The maximum absolute atomic E-state index is 13.0. The van der Waals surface area contributed by atoms with Crippen molar-refractivity contribution in [3.63, 3.8) is 0 Å². The second kappa shape index (κ2) is 9.52. The number of amides is 1. The minimum Gasteiger partial charge on any atom is -0.486 e. The summed E-state index contributed by atoms with van der Waals surface area (Å²) in [6.07, 6.45) is 1.68. The molecule has 1 aromatic carbocycles. The third-order valence-corrected chi connectivity index (χ3v) is 6.24. The number of pyridine rings is 1. The number of benzene rings is 1. The Bertz CT molecular complexity index is 1040. The largest absolute Gasteiger partial charge is 0.486 e. The van der Waals surface area contributed by atoms with Crippen molar-refractivity contribution >= 4 is 21.7 Å². The van der Waals surface area contributed by atoms with Crippen LogP contribution in [0, 0.1) is 5.92 Å². The summed E-state index contributed by atoms with van der Waals surface area (Å²) in [5.41, 5.74) is 0.832. The highest BCUT2D eigenvalue weighted by molar-refractivity contribution is 7.89. The molecule has 1 amide bonds. The van der Waals surface area contributed by atoms with Gasteiger partial charge in [0.1, 0.15) is 25.1 Å². The molecular formula is C21H28N4O5S. The topological polar surface area (TPSA) is 110 Å². The SMILES string of the molecule is CC(C)[C@@H](NS(=O)(=O)c1ccc2c(c1)OCCO2)C(=O)NCc1cccnc1N(C)C. The lowest BCUT2D eigenvalue weighted by Crippen LogP contribution is -2.49. The first-order valence-electron chi connectivity index (χ1n) is 10.00. The zero-order valence-electron chi connectivity index (χ0n) is 18.1. The third kappa shape index (κ3) is 5.45. The molecule has 1 aromatic heterocycles. The monoisotopic (exact) mass is 448 g/mol. The molecule has 1 aliphatic heterocycles. The predicted molar refractivity (Wildman–Crippen MR) is 117 cm³/mol. The van der Waals surface area contributed by atoms with Crippen LogP contribution in [0.25, 0.3) is 0 Å². The van der Waals surface area contributed by atoms with Crippen LogP contribution in [0.3, 0.4) is 0 Å². The summed E-state index contributed by atoms with van der Waals surface area (Å²) in [5.74, 6) is 0.920. The number of hydrogen-bond acceptors (Lipinski definition) is 7. The Morgan fingerprint density at radius 3 is 2.55 bits per heavy atom. The van der Waals surface area contributed by atoms with Crippen LogP contribution in [0.4, 0.5) is 5.82 Å². The first kappa shape index (κ1) is 22.8. The molecule has 10 heteroatoms. The van der Waals surface area contributed by atoms with Gasteiger partial charge in [-0.3, -0.25) is 4.79 Å². The summed E-state index contributed by atoms with van der Waals surface area (Å²) in [4.78, 5) is 19.0. The van der Waals surface area contributed by atoms with Gasteiger partial charge in [0.2, 0.25) is 15.9 Å². The number of aromatic nitrogens is 1. The standard InChI is InChI=1S/C21H28N4O5S/c1-14(2)19(21(26)23-13-15-6-5-9-22-20(15)25(3)4)24-31(27,28)16-7-8-17-18(12-16)30-11-10-29-17/h5-9,12,14,19,24H,10-11,13H2,1-4H3,(H,23,26)/t19-/m1/s1. The fourth-order valence-corrected chi connectivity index (χ4v) is 4.54. The maximum Gasteiger partial charge on any atom is 0.241 e. The number of fused-ring (bicyclic) bond motifs is 1. The summed E-state index contributed by atoms with van der Waals surface area (Å²) in [5, 5.41) is 2.82. The summed E-state index contributed by atoms with van der Waals surface area (Å²) in [6.45, 7) is 4.57. The van der Waals surface area contributed by atoms with E-state index in [4.69, 9.17) is 9.47 Å². The molecule has 2 heterocycles. The molecule has 168 valence electrons. The number of anilines is 1. The number of hydrogen-bond donors (Lipinski definition) is 2. The highest BCUT2D eigenvalue weighted by Crippen LogP contribution is 2.32. The molecule has 1 atom stereocenters. The van der Waals surface area contributed by atoms with Gasteiger partial charge in [-0.05, 0) is 24.1 Å². The lowest BCUT2D eigenvalue weighted by molar-refractivity contribution is -0.123. The number of ether oxygens (including phenoxy) is 2. The van der Waals surface area contributed by atoms with Gasteiger partial charge in [-0.1, -0.05) is 19.9 Å². The van der Waals surface area contributed by atoms with Gasteiger partial charge in [0.25, 0.3) is 0 Å². The summed E-state index contributed by atoms with van der Waals surface area (Å²) < 4.78 is 39.3. The molecule has 3 rings (SSSR count). The van der Waals surface area contributed by atoms with Crippen molar-refractivity contribution in [3.8, 4) is 11.5 Å². The van der Waals surface area contributed by atoms with E-state index in [0.717, 1.165) is 11.4 Å². The molecule has 0 spiro atoms. The molecule has 0 bridgehead atoms. The van der Waals surface area contributed by atoms with Crippen molar-refractivity contribution in [1.29, 1.82) is 0 Å². The van der Waals surface area contributed by atoms with Crippen molar-refractivity contribution in [3.05, 3.63) is 42.1 Å². The number of sulfonamides is 1. The van der Waals surface area contributed by atoms with Gasteiger partial charge in [-0.25, -0.2) is 13.4 Å². The van der Waals surface area contributed by atoms with E-state index in [1.54, 1.807) is 32.2 Å². The Hall–Kier alpha value is -2.85. The highest BCUT2D eigenvalue weighted by Gasteiger charge is 2.29. The molecule has 31 heavy (non-hydrogen) atoms. The van der Waals surface area contributed by atoms with Crippen LogP contribution in [-0.4, -0.2) is 52.7 Å². The lowest BCUT2D eigenvalue weighted by atomic mass is 10.0. The van der Waals surface area contributed by atoms with Gasteiger partial charge in [0.05, 0.1) is 4.90 Å². The first-order chi connectivity index (χ1) is 14.7. The molecule has 0 aliphatic carbocycles. The summed E-state index contributed by atoms with van der Waals surface area (Å²) >= 11 is 0. The van der Waals surface area contributed by atoms with E-state index >= 15 is 0 Å². The van der Waals surface area contributed by atoms with E-state index in [1.165, 1.54) is 12.1 Å². The zero-order valence-corrected chi connectivity index (χ0v) is 18.9. The molecule has 2 aromatic rings. The van der Waals surface area contributed by atoms with Crippen LogP contribution in [-0.2, 0) is 21.4 Å². The molecule has 0 saturated carbocycles. The number of carbonyl (C=O) groups excluding carboxylic acids is 1. The predicted octanol–water partition coefficient (Wildman–Crippen LogP) is 1.54. The molecule has 0 saturated heterocycles. The Balaban J connectivity index is 1.74. The summed E-state index contributed by atoms with van der Waals surface area (Å²) in [6, 6.07) is 7.11. The quantitative estimate of drug-likeness (QED) is 0.630. The minimum atomic E-state index is -3.95. The van der Waals surface area contributed by atoms with Crippen molar-refractivity contribution in [2.24, 2.45) is 5.92 Å². The smallest absolute Gasteiger partial charge is 0.241 e. The maximum atomic E-state index is 13.0. The Kier molecular flexibility index (Phi) is 7.01. The van der Waals surface area contributed by atoms with Gasteiger partial charge < -0.3 is 19.7 Å². The second-order valence-corrected chi connectivity index (χ2v) is 9.46. The van der Waals surface area contributed by atoms with E-state index in [9.17, 15) is 13.2 Å². The number of nitrogens with zero attached hydrogens (tertiary/aromatic N) is 2. The van der Waals surface area contributed by atoms with Gasteiger partial charge in [0, 0.05) is 38.5 Å². The average Bonchev–Trinajstić information content (AvgIpc) is 2.75.